The highest BCUT2D eigenvalue weighted by molar-refractivity contribution is 6.05. The summed E-state index contributed by atoms with van der Waals surface area (Å²) in [6, 6.07) is 6.73. The van der Waals surface area contributed by atoms with Crippen molar-refractivity contribution < 1.29 is 14.3 Å². The molecule has 0 radical (unpaired) electrons. The fraction of sp³-hybridized carbons (Fsp3) is 0.167. The number of hydrogen-bond acceptors (Lipinski definition) is 5. The van der Waals surface area contributed by atoms with E-state index in [1.54, 1.807) is 42.9 Å². The Balaban J connectivity index is 1.84. The monoisotopic (exact) mass is 337 g/mol. The first-order valence-electron chi connectivity index (χ1n) is 7.85. The number of aromatic nitrogens is 2. The van der Waals surface area contributed by atoms with Crippen LogP contribution >= 0.6 is 0 Å². The molecule has 25 heavy (non-hydrogen) atoms. The van der Waals surface area contributed by atoms with Crippen LogP contribution < -0.4 is 20.2 Å². The summed E-state index contributed by atoms with van der Waals surface area (Å²) in [7, 11) is 0. The molecule has 4 rings (SSSR count). The van der Waals surface area contributed by atoms with Gasteiger partial charge in [0.2, 0.25) is 12.2 Å². The molecule has 0 atom stereocenters. The van der Waals surface area contributed by atoms with E-state index in [1.165, 1.54) is 0 Å². The number of nitrogens with zero attached hydrogens (tertiary/aromatic N) is 2. The fourth-order valence-corrected chi connectivity index (χ4v) is 2.84. The second-order valence-corrected chi connectivity index (χ2v) is 5.57. The van der Waals surface area contributed by atoms with E-state index in [4.69, 9.17) is 9.47 Å². The van der Waals surface area contributed by atoms with E-state index in [0.717, 1.165) is 0 Å². The minimum Gasteiger partial charge on any atom is -0.454 e. The number of nitrogens with one attached hydrogen (secondary N) is 1. The van der Waals surface area contributed by atoms with Crippen LogP contribution in [-0.4, -0.2) is 22.3 Å². The third-order valence-electron chi connectivity index (χ3n) is 4.10. The van der Waals surface area contributed by atoms with Crippen LogP contribution in [0.1, 0.15) is 17.3 Å². The number of pyridine rings is 2. The lowest BCUT2D eigenvalue weighted by molar-refractivity contribution is 0.102. The summed E-state index contributed by atoms with van der Waals surface area (Å²) in [5.41, 5.74) is 1.01. The molecule has 0 saturated carbocycles. The summed E-state index contributed by atoms with van der Waals surface area (Å²) in [4.78, 5) is 29.3. The first-order valence-corrected chi connectivity index (χ1v) is 7.85. The van der Waals surface area contributed by atoms with Gasteiger partial charge in [0.05, 0.1) is 10.9 Å². The Morgan fingerprint density at radius 2 is 1.96 bits per heavy atom. The van der Waals surface area contributed by atoms with Gasteiger partial charge in [0, 0.05) is 36.9 Å². The summed E-state index contributed by atoms with van der Waals surface area (Å²) in [5.74, 6) is 0.653. The van der Waals surface area contributed by atoms with E-state index in [9.17, 15) is 9.59 Å². The summed E-state index contributed by atoms with van der Waals surface area (Å²) >= 11 is 0. The third kappa shape index (κ3) is 2.59. The number of hydrogen-bond donors (Lipinski definition) is 1. The molecule has 1 aromatic carbocycles. The first-order chi connectivity index (χ1) is 12.2. The van der Waals surface area contributed by atoms with Crippen molar-refractivity contribution >= 4 is 22.5 Å². The molecule has 0 bridgehead atoms. The average molecular weight is 337 g/mol. The summed E-state index contributed by atoms with van der Waals surface area (Å²) in [6.07, 6.45) is 4.71. The van der Waals surface area contributed by atoms with Crippen LogP contribution in [0.2, 0.25) is 0 Å². The predicted octanol–water partition coefficient (Wildman–Crippen LogP) is 2.40. The molecule has 0 fully saturated rings. The molecule has 0 saturated heterocycles. The lowest BCUT2D eigenvalue weighted by Gasteiger charge is -2.12. The van der Waals surface area contributed by atoms with Gasteiger partial charge in [-0.15, -0.1) is 0 Å². The van der Waals surface area contributed by atoms with Crippen LogP contribution in [0, 0.1) is 0 Å². The Kier molecular flexibility index (Phi) is 3.61. The predicted molar refractivity (Wildman–Crippen MR) is 92.2 cm³/mol. The molecule has 7 heteroatoms. The summed E-state index contributed by atoms with van der Waals surface area (Å²) in [6.45, 7) is 2.67. The molecule has 0 spiro atoms. The van der Waals surface area contributed by atoms with E-state index >= 15 is 0 Å². The molecule has 1 aliphatic rings. The number of amides is 1. The average Bonchev–Trinajstić information content (AvgIpc) is 3.09. The van der Waals surface area contributed by atoms with Gasteiger partial charge >= 0.3 is 0 Å². The number of anilines is 1. The van der Waals surface area contributed by atoms with Gasteiger partial charge in [0.1, 0.15) is 5.56 Å². The van der Waals surface area contributed by atoms with E-state index in [0.29, 0.717) is 34.6 Å². The van der Waals surface area contributed by atoms with Gasteiger partial charge in [0.15, 0.2) is 11.5 Å². The normalized spacial score (nSPS) is 12.4. The lowest BCUT2D eigenvalue weighted by Crippen LogP contribution is -2.23. The van der Waals surface area contributed by atoms with Crippen molar-refractivity contribution in [3.63, 3.8) is 0 Å². The minimum absolute atomic E-state index is 0.0741. The topological polar surface area (TPSA) is 82.5 Å². The van der Waals surface area contributed by atoms with E-state index < -0.39 is 5.91 Å². The molecule has 3 heterocycles. The maximum atomic E-state index is 12.8. The van der Waals surface area contributed by atoms with Crippen molar-refractivity contribution in [2.24, 2.45) is 0 Å². The molecule has 1 amide bonds. The highest BCUT2D eigenvalue weighted by Crippen LogP contribution is 2.35. The highest BCUT2D eigenvalue weighted by atomic mass is 16.7. The van der Waals surface area contributed by atoms with Crippen LogP contribution in [0.15, 0.2) is 47.7 Å². The zero-order valence-corrected chi connectivity index (χ0v) is 13.5. The third-order valence-corrected chi connectivity index (χ3v) is 4.10. The molecule has 126 valence electrons. The number of aryl methyl sites for hydroxylation is 1. The number of carbonyl (C=O) groups is 1. The van der Waals surface area contributed by atoms with Gasteiger partial charge in [0.25, 0.3) is 5.91 Å². The molecule has 2 aromatic heterocycles. The first kappa shape index (κ1) is 15.2. The second kappa shape index (κ2) is 5.94. The number of fused-ring (bicyclic) bond motifs is 2. The number of ether oxygens (including phenoxy) is 2. The quantitative estimate of drug-likeness (QED) is 0.793. The number of benzene rings is 1. The largest absolute Gasteiger partial charge is 0.454 e. The molecule has 1 aliphatic heterocycles. The van der Waals surface area contributed by atoms with Crippen LogP contribution in [0.3, 0.4) is 0 Å². The molecule has 1 N–H and O–H groups in total. The summed E-state index contributed by atoms with van der Waals surface area (Å²) < 4.78 is 12.6. The zero-order valence-electron chi connectivity index (χ0n) is 13.5. The standard InChI is InChI=1S/C18H15N3O4/c1-2-21-9-13(18(23)20-11-3-5-19-6-4-11)17(22)12-7-15-16(8-14(12)21)25-10-24-15/h3-9H,2,10H2,1H3,(H,19,20,23). The van der Waals surface area contributed by atoms with Crippen LogP contribution in [-0.2, 0) is 6.54 Å². The van der Waals surface area contributed by atoms with Crippen LogP contribution in [0.4, 0.5) is 5.69 Å². The van der Waals surface area contributed by atoms with Crippen molar-refractivity contribution in [1.82, 2.24) is 9.55 Å². The smallest absolute Gasteiger partial charge is 0.261 e. The zero-order chi connectivity index (χ0) is 17.4. The Labute approximate surface area is 142 Å². The SMILES string of the molecule is CCn1cc(C(=O)Nc2ccncc2)c(=O)c2cc3c(cc21)OCO3. The van der Waals surface area contributed by atoms with E-state index in [2.05, 4.69) is 10.3 Å². The lowest BCUT2D eigenvalue weighted by atomic mass is 10.1. The molecule has 0 aliphatic carbocycles. The van der Waals surface area contributed by atoms with Crippen LogP contribution in [0.25, 0.3) is 10.9 Å². The Hall–Kier alpha value is -3.35. The molecule has 3 aromatic rings. The van der Waals surface area contributed by atoms with Gasteiger partial charge in [-0.3, -0.25) is 14.6 Å². The van der Waals surface area contributed by atoms with E-state index in [1.807, 2.05) is 11.5 Å². The van der Waals surface area contributed by atoms with Crippen molar-refractivity contribution in [1.29, 1.82) is 0 Å². The Bertz CT molecular complexity index is 1030. The molecular weight excluding hydrogens is 322 g/mol. The van der Waals surface area contributed by atoms with Gasteiger partial charge in [-0.1, -0.05) is 0 Å². The summed E-state index contributed by atoms with van der Waals surface area (Å²) in [5, 5.41) is 3.14. The fourth-order valence-electron chi connectivity index (χ4n) is 2.84. The Morgan fingerprint density at radius 3 is 2.68 bits per heavy atom. The Morgan fingerprint density at radius 1 is 1.24 bits per heavy atom. The van der Waals surface area contributed by atoms with Crippen molar-refractivity contribution in [3.8, 4) is 11.5 Å². The van der Waals surface area contributed by atoms with Gasteiger partial charge < -0.3 is 19.4 Å². The molecular formula is C18H15N3O4. The minimum atomic E-state index is -0.460. The maximum absolute atomic E-state index is 12.8. The second-order valence-electron chi connectivity index (χ2n) is 5.57. The molecule has 7 nitrogen and oxygen atoms in total. The van der Waals surface area contributed by atoms with Crippen molar-refractivity contribution in [2.75, 3.05) is 12.1 Å². The van der Waals surface area contributed by atoms with E-state index in [-0.39, 0.29) is 17.8 Å². The van der Waals surface area contributed by atoms with Gasteiger partial charge in [-0.05, 0) is 25.1 Å². The van der Waals surface area contributed by atoms with Crippen LogP contribution in [0.5, 0.6) is 11.5 Å². The number of carbonyl (C=O) groups excluding carboxylic acids is 1. The number of rotatable bonds is 3. The van der Waals surface area contributed by atoms with Gasteiger partial charge in [-0.2, -0.15) is 0 Å². The molecule has 0 unspecified atom stereocenters. The highest BCUT2D eigenvalue weighted by Gasteiger charge is 2.20. The van der Waals surface area contributed by atoms with Crippen molar-refractivity contribution in [3.05, 3.63) is 58.6 Å². The maximum Gasteiger partial charge on any atom is 0.261 e. The van der Waals surface area contributed by atoms with Gasteiger partial charge in [-0.25, -0.2) is 0 Å². The van der Waals surface area contributed by atoms with Crippen molar-refractivity contribution in [2.45, 2.75) is 13.5 Å².